The van der Waals surface area contributed by atoms with Crippen LogP contribution in [0, 0.1) is 5.92 Å². The van der Waals surface area contributed by atoms with Crippen molar-refractivity contribution < 1.29 is 24.1 Å². The number of hydrogen-bond donors (Lipinski definition) is 1. The van der Waals surface area contributed by atoms with Gasteiger partial charge in [-0.25, -0.2) is 0 Å². The summed E-state index contributed by atoms with van der Waals surface area (Å²) in [6.45, 7) is 1.89. The van der Waals surface area contributed by atoms with Crippen LogP contribution in [0.15, 0.2) is 16.6 Å². The normalized spacial score (nSPS) is 16.0. The number of halogens is 1. The molecule has 104 valence electrons. The maximum Gasteiger partial charge on any atom is 0.308 e. The van der Waals surface area contributed by atoms with Crippen molar-refractivity contribution in [2.75, 3.05) is 13.9 Å². The molecule has 1 N–H and O–H groups in total. The lowest BCUT2D eigenvalue weighted by Crippen LogP contribution is -2.16. The van der Waals surface area contributed by atoms with Crippen LogP contribution in [0.4, 0.5) is 0 Å². The van der Waals surface area contributed by atoms with Crippen molar-refractivity contribution in [3.05, 3.63) is 22.2 Å². The Balaban J connectivity index is 2.14. The minimum Gasteiger partial charge on any atom is -0.469 e. The Morgan fingerprint density at radius 1 is 1.53 bits per heavy atom. The fourth-order valence-electron chi connectivity index (χ4n) is 1.95. The molecule has 0 saturated heterocycles. The standard InChI is InChI=1S/C13H15BrO5/c1-7(13(16)17-2)3-10(15)8-4-9(14)12-11(5-8)18-6-19-12/h4-5,7,10,15H,3,6H2,1-2H3. The van der Waals surface area contributed by atoms with E-state index in [-0.39, 0.29) is 18.7 Å². The summed E-state index contributed by atoms with van der Waals surface area (Å²) in [5.74, 6) is 0.522. The van der Waals surface area contributed by atoms with Crippen molar-refractivity contribution >= 4 is 21.9 Å². The number of fused-ring (bicyclic) bond motifs is 1. The first-order chi connectivity index (χ1) is 9.02. The zero-order valence-corrected chi connectivity index (χ0v) is 12.3. The SMILES string of the molecule is COC(=O)C(C)CC(O)c1cc(Br)c2c(c1)OCO2. The maximum absolute atomic E-state index is 11.3. The second-order valence-corrected chi connectivity index (χ2v) is 5.27. The van der Waals surface area contributed by atoms with Gasteiger partial charge in [-0.15, -0.1) is 0 Å². The number of esters is 1. The van der Waals surface area contributed by atoms with Gasteiger partial charge in [0, 0.05) is 0 Å². The molecule has 0 radical (unpaired) electrons. The summed E-state index contributed by atoms with van der Waals surface area (Å²) in [6.07, 6.45) is -0.474. The Morgan fingerprint density at radius 2 is 2.26 bits per heavy atom. The van der Waals surface area contributed by atoms with Crippen molar-refractivity contribution in [1.82, 2.24) is 0 Å². The molecule has 1 aromatic rings. The third-order valence-electron chi connectivity index (χ3n) is 3.01. The van der Waals surface area contributed by atoms with Crippen molar-refractivity contribution in [2.24, 2.45) is 5.92 Å². The lowest BCUT2D eigenvalue weighted by Gasteiger charge is -2.16. The highest BCUT2D eigenvalue weighted by Crippen LogP contribution is 2.41. The van der Waals surface area contributed by atoms with Crippen LogP contribution in [-0.2, 0) is 9.53 Å². The zero-order valence-electron chi connectivity index (χ0n) is 10.7. The summed E-state index contributed by atoms with van der Waals surface area (Å²) >= 11 is 3.37. The quantitative estimate of drug-likeness (QED) is 0.859. The molecule has 0 aromatic heterocycles. The lowest BCUT2D eigenvalue weighted by atomic mass is 9.98. The molecule has 2 unspecified atom stereocenters. The number of carbonyl (C=O) groups is 1. The highest BCUT2D eigenvalue weighted by atomic mass is 79.9. The van der Waals surface area contributed by atoms with Gasteiger partial charge in [-0.2, -0.15) is 0 Å². The average Bonchev–Trinajstić information content (AvgIpc) is 2.86. The molecule has 1 heterocycles. The van der Waals surface area contributed by atoms with Crippen LogP contribution < -0.4 is 9.47 Å². The lowest BCUT2D eigenvalue weighted by molar-refractivity contribution is -0.145. The average molecular weight is 331 g/mol. The number of benzene rings is 1. The van der Waals surface area contributed by atoms with Crippen molar-refractivity contribution in [3.8, 4) is 11.5 Å². The minimum atomic E-state index is -0.764. The molecule has 0 saturated carbocycles. The number of hydrogen-bond acceptors (Lipinski definition) is 5. The van der Waals surface area contributed by atoms with E-state index < -0.39 is 6.10 Å². The highest BCUT2D eigenvalue weighted by Gasteiger charge is 2.23. The third-order valence-corrected chi connectivity index (χ3v) is 3.60. The Morgan fingerprint density at radius 3 is 2.95 bits per heavy atom. The van der Waals surface area contributed by atoms with Crippen LogP contribution in [-0.4, -0.2) is 25.0 Å². The number of aliphatic hydroxyl groups is 1. The molecular weight excluding hydrogens is 316 g/mol. The van der Waals surface area contributed by atoms with Crippen LogP contribution in [0.2, 0.25) is 0 Å². The van der Waals surface area contributed by atoms with Crippen LogP contribution >= 0.6 is 15.9 Å². The Kier molecular flexibility index (Phi) is 4.31. The summed E-state index contributed by atoms with van der Waals surface area (Å²) in [7, 11) is 1.34. The molecule has 6 heteroatoms. The van der Waals surface area contributed by atoms with Crippen LogP contribution in [0.5, 0.6) is 11.5 Å². The van der Waals surface area contributed by atoms with E-state index in [9.17, 15) is 9.90 Å². The molecule has 1 aromatic carbocycles. The number of aliphatic hydroxyl groups excluding tert-OH is 1. The molecule has 1 aliphatic rings. The van der Waals surface area contributed by atoms with Gasteiger partial charge in [-0.05, 0) is 40.0 Å². The summed E-state index contributed by atoms with van der Waals surface area (Å²) in [5.41, 5.74) is 0.673. The summed E-state index contributed by atoms with van der Waals surface area (Å²) in [6, 6.07) is 3.49. The summed E-state index contributed by atoms with van der Waals surface area (Å²) < 4.78 is 15.9. The van der Waals surface area contributed by atoms with Gasteiger partial charge in [-0.3, -0.25) is 4.79 Å². The number of ether oxygens (including phenoxy) is 3. The topological polar surface area (TPSA) is 65.0 Å². The largest absolute Gasteiger partial charge is 0.469 e. The van der Waals surface area contributed by atoms with Gasteiger partial charge < -0.3 is 19.3 Å². The highest BCUT2D eigenvalue weighted by molar-refractivity contribution is 9.10. The second-order valence-electron chi connectivity index (χ2n) is 4.41. The van der Waals surface area contributed by atoms with Gasteiger partial charge in [-0.1, -0.05) is 6.92 Å². The van der Waals surface area contributed by atoms with E-state index in [0.29, 0.717) is 23.5 Å². The molecule has 0 bridgehead atoms. The molecular formula is C13H15BrO5. The first-order valence-electron chi connectivity index (χ1n) is 5.88. The number of methoxy groups -OCH3 is 1. The molecule has 5 nitrogen and oxygen atoms in total. The predicted octanol–water partition coefficient (Wildman–Crippen LogP) is 2.41. The maximum atomic E-state index is 11.3. The van der Waals surface area contributed by atoms with E-state index in [1.165, 1.54) is 7.11 Å². The molecule has 2 rings (SSSR count). The minimum absolute atomic E-state index is 0.173. The third kappa shape index (κ3) is 3.01. The molecule has 0 amide bonds. The van der Waals surface area contributed by atoms with Gasteiger partial charge in [0.25, 0.3) is 0 Å². The van der Waals surface area contributed by atoms with Crippen molar-refractivity contribution in [1.29, 1.82) is 0 Å². The van der Waals surface area contributed by atoms with E-state index in [2.05, 4.69) is 20.7 Å². The second kappa shape index (κ2) is 5.79. The Labute approximate surface area is 119 Å². The van der Waals surface area contributed by atoms with E-state index in [0.717, 1.165) is 4.47 Å². The number of carbonyl (C=O) groups excluding carboxylic acids is 1. The predicted molar refractivity (Wildman–Crippen MR) is 71.0 cm³/mol. The van der Waals surface area contributed by atoms with Crippen molar-refractivity contribution in [2.45, 2.75) is 19.4 Å². The smallest absolute Gasteiger partial charge is 0.308 e. The monoisotopic (exact) mass is 330 g/mol. The zero-order chi connectivity index (χ0) is 14.0. The van der Waals surface area contributed by atoms with Gasteiger partial charge in [0.1, 0.15) is 0 Å². The Bertz CT molecular complexity index is 488. The summed E-state index contributed by atoms with van der Waals surface area (Å²) in [4.78, 5) is 11.3. The van der Waals surface area contributed by atoms with Crippen LogP contribution in [0.25, 0.3) is 0 Å². The van der Waals surface area contributed by atoms with E-state index in [4.69, 9.17) is 9.47 Å². The van der Waals surface area contributed by atoms with Gasteiger partial charge in [0.2, 0.25) is 6.79 Å². The molecule has 2 atom stereocenters. The fourth-order valence-corrected chi connectivity index (χ4v) is 2.52. The van der Waals surface area contributed by atoms with Gasteiger partial charge >= 0.3 is 5.97 Å². The van der Waals surface area contributed by atoms with E-state index in [1.807, 2.05) is 0 Å². The van der Waals surface area contributed by atoms with Gasteiger partial charge in [0.05, 0.1) is 23.6 Å². The van der Waals surface area contributed by atoms with Crippen molar-refractivity contribution in [3.63, 3.8) is 0 Å². The molecule has 0 spiro atoms. The summed E-state index contributed by atoms with van der Waals surface area (Å²) in [5, 5.41) is 10.2. The first-order valence-corrected chi connectivity index (χ1v) is 6.67. The Hall–Kier alpha value is -1.27. The van der Waals surface area contributed by atoms with Gasteiger partial charge in [0.15, 0.2) is 11.5 Å². The molecule has 19 heavy (non-hydrogen) atoms. The van der Waals surface area contributed by atoms with Crippen LogP contribution in [0.3, 0.4) is 0 Å². The van der Waals surface area contributed by atoms with E-state index in [1.54, 1.807) is 19.1 Å². The van der Waals surface area contributed by atoms with Crippen LogP contribution in [0.1, 0.15) is 25.0 Å². The first kappa shape index (κ1) is 14.1. The fraction of sp³-hybridized carbons (Fsp3) is 0.462. The number of rotatable bonds is 4. The molecule has 0 fully saturated rings. The van der Waals surface area contributed by atoms with E-state index >= 15 is 0 Å². The molecule has 1 aliphatic heterocycles. The molecule has 0 aliphatic carbocycles.